The molecule has 0 aliphatic carbocycles. The number of amides is 1. The van der Waals surface area contributed by atoms with Crippen molar-refractivity contribution in [2.45, 2.75) is 6.04 Å². The molecule has 7 nitrogen and oxygen atoms in total. The molecule has 1 amide bonds. The summed E-state index contributed by atoms with van der Waals surface area (Å²) in [6, 6.07) is 8.61. The van der Waals surface area contributed by atoms with Gasteiger partial charge in [-0.1, -0.05) is 0 Å². The van der Waals surface area contributed by atoms with Crippen LogP contribution in [0.15, 0.2) is 64.8 Å². The Morgan fingerprint density at radius 1 is 1.06 bits per heavy atom. The van der Waals surface area contributed by atoms with Crippen LogP contribution < -0.4 is 14.4 Å². The summed E-state index contributed by atoms with van der Waals surface area (Å²) in [6.07, 6.45) is 1.30. The van der Waals surface area contributed by atoms with Gasteiger partial charge in [-0.05, 0) is 36.4 Å². The van der Waals surface area contributed by atoms with E-state index in [4.69, 9.17) is 13.9 Å². The third-order valence-corrected chi connectivity index (χ3v) is 5.09. The molecule has 1 aromatic heterocycles. The third-order valence-electron chi connectivity index (χ3n) is 5.09. The number of ketones is 1. The first kappa shape index (κ1) is 21.1. The Balaban J connectivity index is 1.96. The van der Waals surface area contributed by atoms with Crippen molar-refractivity contribution >= 4 is 23.1 Å². The van der Waals surface area contributed by atoms with E-state index in [-0.39, 0.29) is 22.6 Å². The zero-order valence-corrected chi connectivity index (χ0v) is 17.0. The SMILES string of the molecule is COc1ccc(/C(O)=C2/C(=O)C(=O)N(c3cc(F)ccc3F)C2c2ccco2)c(OC)c1. The van der Waals surface area contributed by atoms with Crippen LogP contribution in [0.5, 0.6) is 11.5 Å². The second kappa shape index (κ2) is 8.18. The summed E-state index contributed by atoms with van der Waals surface area (Å²) in [4.78, 5) is 26.7. The average molecular weight is 441 g/mol. The molecule has 0 radical (unpaired) electrons. The molecule has 1 atom stereocenters. The number of nitrogens with zero attached hydrogens (tertiary/aromatic N) is 1. The second-order valence-electron chi connectivity index (χ2n) is 6.85. The summed E-state index contributed by atoms with van der Waals surface area (Å²) in [5, 5.41) is 11.1. The molecule has 32 heavy (non-hydrogen) atoms. The number of carbonyl (C=O) groups excluding carboxylic acids is 2. The van der Waals surface area contributed by atoms with E-state index in [2.05, 4.69) is 0 Å². The Morgan fingerprint density at radius 2 is 1.84 bits per heavy atom. The molecule has 3 aromatic rings. The van der Waals surface area contributed by atoms with E-state index in [0.717, 1.165) is 23.1 Å². The molecule has 4 rings (SSSR count). The van der Waals surface area contributed by atoms with E-state index < -0.39 is 40.8 Å². The first-order valence-corrected chi connectivity index (χ1v) is 9.39. The van der Waals surface area contributed by atoms with Crippen molar-refractivity contribution in [3.8, 4) is 11.5 Å². The molecule has 0 saturated carbocycles. The van der Waals surface area contributed by atoms with E-state index in [1.807, 2.05) is 0 Å². The summed E-state index contributed by atoms with van der Waals surface area (Å²) in [7, 11) is 2.81. The number of hydrogen-bond donors (Lipinski definition) is 1. The molecule has 164 valence electrons. The Kier molecular flexibility index (Phi) is 5.40. The van der Waals surface area contributed by atoms with Crippen LogP contribution in [-0.4, -0.2) is 31.0 Å². The minimum atomic E-state index is -1.34. The summed E-state index contributed by atoms with van der Waals surface area (Å²) >= 11 is 0. The predicted octanol–water partition coefficient (Wildman–Crippen LogP) is 4.20. The largest absolute Gasteiger partial charge is 0.507 e. The number of furan rings is 1. The number of benzene rings is 2. The van der Waals surface area contributed by atoms with E-state index >= 15 is 0 Å². The second-order valence-corrected chi connectivity index (χ2v) is 6.85. The van der Waals surface area contributed by atoms with Gasteiger partial charge in [0.15, 0.2) is 0 Å². The van der Waals surface area contributed by atoms with Gasteiger partial charge >= 0.3 is 0 Å². The molecule has 1 fully saturated rings. The lowest BCUT2D eigenvalue weighted by Crippen LogP contribution is -2.30. The van der Waals surface area contributed by atoms with Crippen molar-refractivity contribution in [3.63, 3.8) is 0 Å². The first-order chi connectivity index (χ1) is 15.4. The molecule has 0 bridgehead atoms. The number of carbonyl (C=O) groups is 2. The fourth-order valence-electron chi connectivity index (χ4n) is 3.61. The summed E-state index contributed by atoms with van der Waals surface area (Å²) in [6.45, 7) is 0. The average Bonchev–Trinajstić information content (AvgIpc) is 3.41. The van der Waals surface area contributed by atoms with Gasteiger partial charge in [0, 0.05) is 12.1 Å². The smallest absolute Gasteiger partial charge is 0.300 e. The van der Waals surface area contributed by atoms with Crippen LogP contribution >= 0.6 is 0 Å². The number of ether oxygens (including phenoxy) is 2. The van der Waals surface area contributed by atoms with Crippen molar-refractivity contribution in [3.05, 3.63) is 83.3 Å². The van der Waals surface area contributed by atoms with Crippen LogP contribution in [0.3, 0.4) is 0 Å². The van der Waals surface area contributed by atoms with Gasteiger partial charge in [0.25, 0.3) is 11.7 Å². The van der Waals surface area contributed by atoms with E-state index in [9.17, 15) is 23.5 Å². The van der Waals surface area contributed by atoms with E-state index in [0.29, 0.717) is 5.75 Å². The van der Waals surface area contributed by atoms with Crippen LogP contribution in [0.25, 0.3) is 5.76 Å². The molecule has 1 aliphatic heterocycles. The zero-order chi connectivity index (χ0) is 23.0. The van der Waals surface area contributed by atoms with Gasteiger partial charge in [-0.25, -0.2) is 8.78 Å². The topological polar surface area (TPSA) is 89.2 Å². The van der Waals surface area contributed by atoms with Crippen LogP contribution in [0.1, 0.15) is 17.4 Å². The normalized spacial score (nSPS) is 17.6. The molecule has 1 unspecified atom stereocenters. The van der Waals surface area contributed by atoms with Crippen molar-refractivity contribution < 1.29 is 37.4 Å². The number of hydrogen-bond acceptors (Lipinski definition) is 6. The van der Waals surface area contributed by atoms with Gasteiger partial charge in [-0.2, -0.15) is 0 Å². The lowest BCUT2D eigenvalue weighted by atomic mass is 9.98. The van der Waals surface area contributed by atoms with Gasteiger partial charge < -0.3 is 19.0 Å². The Morgan fingerprint density at radius 3 is 2.50 bits per heavy atom. The standard InChI is InChI=1S/C23H17F2NO6/c1-30-13-6-7-14(18(11-13)31-2)21(27)19-20(17-4-3-9-32-17)26(23(29)22(19)28)16-10-12(24)5-8-15(16)25/h3-11,20,27H,1-2H3/b21-19-. The first-order valence-electron chi connectivity index (χ1n) is 9.39. The monoisotopic (exact) mass is 441 g/mol. The zero-order valence-electron chi connectivity index (χ0n) is 17.0. The lowest BCUT2D eigenvalue weighted by Gasteiger charge is -2.24. The molecule has 1 saturated heterocycles. The highest BCUT2D eigenvalue weighted by Crippen LogP contribution is 2.44. The molecule has 0 spiro atoms. The Hall–Kier alpha value is -4.14. The van der Waals surface area contributed by atoms with Crippen LogP contribution in [0.2, 0.25) is 0 Å². The van der Waals surface area contributed by atoms with E-state index in [1.54, 1.807) is 0 Å². The van der Waals surface area contributed by atoms with Crippen molar-refractivity contribution in [2.75, 3.05) is 19.1 Å². The van der Waals surface area contributed by atoms with E-state index in [1.165, 1.54) is 50.8 Å². The molecule has 9 heteroatoms. The van der Waals surface area contributed by atoms with Gasteiger partial charge in [-0.15, -0.1) is 0 Å². The number of aliphatic hydroxyl groups excluding tert-OH is 1. The number of anilines is 1. The highest BCUT2D eigenvalue weighted by atomic mass is 19.1. The van der Waals surface area contributed by atoms with Gasteiger partial charge in [0.1, 0.15) is 40.7 Å². The van der Waals surface area contributed by atoms with Gasteiger partial charge in [-0.3, -0.25) is 14.5 Å². The fourth-order valence-corrected chi connectivity index (χ4v) is 3.61. The number of rotatable bonds is 5. The van der Waals surface area contributed by atoms with Crippen molar-refractivity contribution in [2.24, 2.45) is 0 Å². The molecule has 1 N–H and O–H groups in total. The number of halogens is 2. The summed E-state index contributed by atoms with van der Waals surface area (Å²) in [5.41, 5.74) is -0.728. The minimum absolute atomic E-state index is 0.0712. The quantitative estimate of drug-likeness (QED) is 0.363. The van der Waals surface area contributed by atoms with Crippen LogP contribution in [-0.2, 0) is 9.59 Å². The molecule has 2 heterocycles. The summed E-state index contributed by atoms with van der Waals surface area (Å²) in [5.74, 6) is -3.86. The molecule has 1 aliphatic rings. The Labute approximate surface area is 181 Å². The number of Topliss-reactive ketones (excluding diaryl/α,β-unsaturated/α-hetero) is 1. The summed E-state index contributed by atoms with van der Waals surface area (Å²) < 4.78 is 44.3. The fraction of sp³-hybridized carbons (Fsp3) is 0.130. The lowest BCUT2D eigenvalue weighted by molar-refractivity contribution is -0.132. The molecule has 2 aromatic carbocycles. The molecular formula is C23H17F2NO6. The van der Waals surface area contributed by atoms with Gasteiger partial charge in [0.2, 0.25) is 0 Å². The maximum Gasteiger partial charge on any atom is 0.300 e. The highest BCUT2D eigenvalue weighted by molar-refractivity contribution is 6.51. The highest BCUT2D eigenvalue weighted by Gasteiger charge is 2.49. The maximum absolute atomic E-state index is 14.6. The van der Waals surface area contributed by atoms with Gasteiger partial charge in [0.05, 0.1) is 37.3 Å². The molecular weight excluding hydrogens is 424 g/mol. The van der Waals surface area contributed by atoms with Crippen LogP contribution in [0, 0.1) is 11.6 Å². The van der Waals surface area contributed by atoms with Crippen molar-refractivity contribution in [1.29, 1.82) is 0 Å². The van der Waals surface area contributed by atoms with Crippen LogP contribution in [0.4, 0.5) is 14.5 Å². The maximum atomic E-state index is 14.6. The predicted molar refractivity (Wildman–Crippen MR) is 109 cm³/mol. The minimum Gasteiger partial charge on any atom is -0.507 e. The third kappa shape index (κ3) is 3.37. The van der Waals surface area contributed by atoms with Crippen molar-refractivity contribution in [1.82, 2.24) is 0 Å². The number of aliphatic hydroxyl groups is 1. The Bertz CT molecular complexity index is 1240. The number of methoxy groups -OCH3 is 2.